The average molecular weight is 362 g/mol. The molecule has 1 heterocycles. The third kappa shape index (κ3) is 2.26. The Bertz CT molecular complexity index is 707. The summed E-state index contributed by atoms with van der Waals surface area (Å²) in [5.41, 5.74) is 0.603. The summed E-state index contributed by atoms with van der Waals surface area (Å²) < 4.78 is 10.8. The Labute approximate surface area is 154 Å². The summed E-state index contributed by atoms with van der Waals surface area (Å²) in [6.07, 6.45) is 3.68. The molecule has 0 spiro atoms. The van der Waals surface area contributed by atoms with Gasteiger partial charge < -0.3 is 19.4 Å². The van der Waals surface area contributed by atoms with E-state index in [4.69, 9.17) is 9.15 Å². The monoisotopic (exact) mass is 362 g/mol. The van der Waals surface area contributed by atoms with Crippen LogP contribution in [-0.2, 0) is 16.0 Å². The van der Waals surface area contributed by atoms with Gasteiger partial charge in [-0.2, -0.15) is 0 Å². The second-order valence-electron chi connectivity index (χ2n) is 9.49. The molecule has 26 heavy (non-hydrogen) atoms. The van der Waals surface area contributed by atoms with Crippen molar-refractivity contribution in [3.05, 3.63) is 23.7 Å². The molecule has 0 radical (unpaired) electrons. The molecule has 3 aliphatic rings. The van der Waals surface area contributed by atoms with Crippen molar-refractivity contribution in [1.29, 1.82) is 0 Å². The summed E-state index contributed by atoms with van der Waals surface area (Å²) in [5, 5.41) is 22.3. The highest BCUT2D eigenvalue weighted by Gasteiger charge is 2.64. The van der Waals surface area contributed by atoms with E-state index in [0.29, 0.717) is 6.42 Å². The molecule has 0 saturated heterocycles. The van der Waals surface area contributed by atoms with Crippen LogP contribution in [0.2, 0.25) is 0 Å². The molecule has 5 heteroatoms. The fraction of sp³-hybridized carbons (Fsp3) is 0.762. The van der Waals surface area contributed by atoms with Crippen molar-refractivity contribution in [2.45, 2.75) is 64.6 Å². The summed E-state index contributed by atoms with van der Waals surface area (Å²) in [4.78, 5) is 12.7. The van der Waals surface area contributed by atoms with E-state index < -0.39 is 18.1 Å². The van der Waals surface area contributed by atoms with Crippen molar-refractivity contribution < 1.29 is 24.2 Å². The highest BCUT2D eigenvalue weighted by molar-refractivity contribution is 5.79. The molecule has 1 aromatic heterocycles. The number of fused-ring (bicyclic) bond motifs is 4. The van der Waals surface area contributed by atoms with Crippen molar-refractivity contribution in [3.8, 4) is 0 Å². The molecule has 7 atom stereocenters. The van der Waals surface area contributed by atoms with E-state index in [1.54, 1.807) is 6.26 Å². The smallest absolute Gasteiger partial charge is 0.313 e. The Morgan fingerprint density at radius 3 is 2.65 bits per heavy atom. The maximum Gasteiger partial charge on any atom is 0.313 e. The third-order valence-electron chi connectivity index (χ3n) is 7.85. The van der Waals surface area contributed by atoms with Gasteiger partial charge in [-0.25, -0.2) is 0 Å². The lowest BCUT2D eigenvalue weighted by Crippen LogP contribution is -2.65. The van der Waals surface area contributed by atoms with E-state index in [1.165, 1.54) is 7.11 Å². The van der Waals surface area contributed by atoms with Gasteiger partial charge in [0.25, 0.3) is 0 Å². The van der Waals surface area contributed by atoms with E-state index in [-0.39, 0.29) is 34.6 Å². The molecule has 1 aromatic rings. The number of rotatable bonds is 1. The minimum Gasteiger partial charge on any atom is -0.469 e. The van der Waals surface area contributed by atoms with Crippen molar-refractivity contribution in [2.24, 2.45) is 28.6 Å². The molecular formula is C21H30O5. The van der Waals surface area contributed by atoms with Gasteiger partial charge in [0.2, 0.25) is 0 Å². The summed E-state index contributed by atoms with van der Waals surface area (Å²) in [7, 11) is 1.38. The van der Waals surface area contributed by atoms with Crippen molar-refractivity contribution in [1.82, 2.24) is 0 Å². The van der Waals surface area contributed by atoms with E-state index >= 15 is 0 Å². The van der Waals surface area contributed by atoms with Gasteiger partial charge in [0, 0.05) is 17.9 Å². The van der Waals surface area contributed by atoms with Crippen LogP contribution in [0.3, 0.4) is 0 Å². The number of hydrogen-bond donors (Lipinski definition) is 2. The quantitative estimate of drug-likeness (QED) is 0.751. The van der Waals surface area contributed by atoms with Crippen LogP contribution in [0.25, 0.3) is 0 Å². The normalized spacial score (nSPS) is 43.8. The van der Waals surface area contributed by atoms with Gasteiger partial charge in [0.15, 0.2) is 0 Å². The molecule has 2 fully saturated rings. The van der Waals surface area contributed by atoms with E-state index in [9.17, 15) is 15.0 Å². The first kappa shape index (κ1) is 18.1. The van der Waals surface area contributed by atoms with E-state index in [1.807, 2.05) is 6.07 Å². The zero-order valence-corrected chi connectivity index (χ0v) is 16.1. The molecule has 0 unspecified atom stereocenters. The molecule has 0 amide bonds. The maximum atomic E-state index is 12.7. The summed E-state index contributed by atoms with van der Waals surface area (Å²) in [6.45, 7) is 6.64. The predicted octanol–water partition coefficient (Wildman–Crippen LogP) is 2.89. The Balaban J connectivity index is 1.86. The third-order valence-corrected chi connectivity index (χ3v) is 7.85. The molecule has 0 bridgehead atoms. The first-order chi connectivity index (χ1) is 12.2. The Morgan fingerprint density at radius 1 is 1.23 bits per heavy atom. The Kier molecular flexibility index (Phi) is 4.05. The molecule has 2 saturated carbocycles. The molecule has 2 N–H and O–H groups in total. The second-order valence-corrected chi connectivity index (χ2v) is 9.49. The van der Waals surface area contributed by atoms with Crippen LogP contribution >= 0.6 is 0 Å². The van der Waals surface area contributed by atoms with Gasteiger partial charge in [-0.1, -0.05) is 27.2 Å². The molecular weight excluding hydrogens is 332 g/mol. The molecule has 144 valence electrons. The van der Waals surface area contributed by atoms with Crippen LogP contribution in [0.4, 0.5) is 0 Å². The highest BCUT2D eigenvalue weighted by Crippen LogP contribution is 2.64. The van der Waals surface area contributed by atoms with Crippen molar-refractivity contribution in [2.75, 3.05) is 7.11 Å². The summed E-state index contributed by atoms with van der Waals surface area (Å²) in [5.74, 6) is -0.389. The lowest BCUT2D eigenvalue weighted by molar-refractivity contribution is -0.219. The van der Waals surface area contributed by atoms with Gasteiger partial charge in [-0.15, -0.1) is 0 Å². The van der Waals surface area contributed by atoms with Crippen LogP contribution < -0.4 is 0 Å². The van der Waals surface area contributed by atoms with E-state index in [0.717, 1.165) is 30.6 Å². The lowest BCUT2D eigenvalue weighted by atomic mass is 9.42. The van der Waals surface area contributed by atoms with Crippen LogP contribution in [0, 0.1) is 28.6 Å². The van der Waals surface area contributed by atoms with Gasteiger partial charge >= 0.3 is 5.97 Å². The zero-order chi connectivity index (χ0) is 18.9. The first-order valence-corrected chi connectivity index (χ1v) is 9.72. The lowest BCUT2D eigenvalue weighted by Gasteiger charge is -2.63. The second kappa shape index (κ2) is 5.83. The van der Waals surface area contributed by atoms with Crippen molar-refractivity contribution >= 4 is 5.97 Å². The number of furan rings is 1. The molecule has 4 rings (SSSR count). The summed E-state index contributed by atoms with van der Waals surface area (Å²) >= 11 is 0. The number of ether oxygens (including phenoxy) is 1. The minimum atomic E-state index is -0.942. The minimum absolute atomic E-state index is 0.00481. The number of carbonyl (C=O) groups is 1. The fourth-order valence-electron chi connectivity index (χ4n) is 6.91. The SMILES string of the molecule is COC(=O)[C@H]1c2ccoc2C[C@H]2[C@H]1[C@@H](O)[C@@H](O)[C@H]1C(C)(C)CCC[C@@]21C. The first-order valence-electron chi connectivity index (χ1n) is 9.72. The van der Waals surface area contributed by atoms with E-state index in [2.05, 4.69) is 20.8 Å². The number of aliphatic hydroxyl groups excluding tert-OH is 2. The molecule has 0 aliphatic heterocycles. The van der Waals surface area contributed by atoms with Gasteiger partial charge in [0.1, 0.15) is 5.76 Å². The van der Waals surface area contributed by atoms with Crippen LogP contribution in [0.5, 0.6) is 0 Å². The average Bonchev–Trinajstić information content (AvgIpc) is 3.05. The zero-order valence-electron chi connectivity index (χ0n) is 16.1. The number of methoxy groups -OCH3 is 1. The molecule has 3 aliphatic carbocycles. The molecule has 0 aromatic carbocycles. The van der Waals surface area contributed by atoms with Crippen LogP contribution in [0.1, 0.15) is 57.3 Å². The van der Waals surface area contributed by atoms with Gasteiger partial charge in [0.05, 0.1) is 31.5 Å². The Hall–Kier alpha value is -1.33. The number of carbonyl (C=O) groups excluding carboxylic acids is 1. The maximum absolute atomic E-state index is 12.7. The van der Waals surface area contributed by atoms with Crippen LogP contribution in [-0.4, -0.2) is 35.5 Å². The standard InChI is InChI=1S/C21H30O5/c1-20(2)7-5-8-21(3)12-10-13-11(6-9-26-13)14(19(24)25-4)15(12)16(22)17(23)18(20)21/h6,9,12,14-18,22-23H,5,7-8,10H2,1-4H3/t12-,14-,15+,16+,17+,18-,21-/m0/s1. The molecule has 5 nitrogen and oxygen atoms in total. The summed E-state index contributed by atoms with van der Waals surface area (Å²) in [6, 6.07) is 1.81. The largest absolute Gasteiger partial charge is 0.469 e. The van der Waals surface area contributed by atoms with Crippen LogP contribution in [0.15, 0.2) is 16.7 Å². The number of esters is 1. The Morgan fingerprint density at radius 2 is 1.96 bits per heavy atom. The van der Waals surface area contributed by atoms with Crippen molar-refractivity contribution in [3.63, 3.8) is 0 Å². The fourth-order valence-corrected chi connectivity index (χ4v) is 6.91. The van der Waals surface area contributed by atoms with Gasteiger partial charge in [-0.3, -0.25) is 4.79 Å². The predicted molar refractivity (Wildman–Crippen MR) is 95.4 cm³/mol. The van der Waals surface area contributed by atoms with Gasteiger partial charge in [-0.05, 0) is 41.6 Å². The number of aliphatic hydroxyl groups is 2. The number of hydrogen-bond acceptors (Lipinski definition) is 5. The highest BCUT2D eigenvalue weighted by atomic mass is 16.5. The topological polar surface area (TPSA) is 79.9 Å².